The first-order valence-corrected chi connectivity index (χ1v) is 7.42. The maximum atomic E-state index is 11.6. The van der Waals surface area contributed by atoms with E-state index in [1.807, 2.05) is 6.07 Å². The average molecular weight is 311 g/mol. The molecule has 5 nitrogen and oxygen atoms in total. The van der Waals surface area contributed by atoms with Gasteiger partial charge in [-0.2, -0.15) is 0 Å². The van der Waals surface area contributed by atoms with Gasteiger partial charge in [-0.15, -0.1) is 0 Å². The molecule has 2 rings (SSSR count). The molecule has 114 valence electrons. The molecule has 0 radical (unpaired) electrons. The average Bonchev–Trinajstić information content (AvgIpc) is 2.45. The fraction of sp³-hybridized carbons (Fsp3) is 0.467. The number of nitrogens with two attached hydrogens (primary N) is 1. The van der Waals surface area contributed by atoms with Crippen molar-refractivity contribution in [3.05, 3.63) is 28.8 Å². The summed E-state index contributed by atoms with van der Waals surface area (Å²) < 4.78 is 0. The van der Waals surface area contributed by atoms with Gasteiger partial charge in [-0.25, -0.2) is 0 Å². The Hall–Kier alpha value is -1.75. The van der Waals surface area contributed by atoms with Crippen molar-refractivity contribution in [2.75, 3.05) is 18.0 Å². The molecule has 3 N–H and O–H groups in total. The van der Waals surface area contributed by atoms with Gasteiger partial charge in [0.15, 0.2) is 0 Å². The Bertz CT molecular complexity index is 540. The molecule has 21 heavy (non-hydrogen) atoms. The number of carbonyl (C=O) groups excluding carboxylic acids is 1. The molecule has 1 saturated heterocycles. The van der Waals surface area contributed by atoms with Crippen molar-refractivity contribution in [1.29, 1.82) is 0 Å². The van der Waals surface area contributed by atoms with Crippen LogP contribution in [0.15, 0.2) is 18.2 Å². The minimum absolute atomic E-state index is 0.217. The number of carboxylic acids is 1. The van der Waals surface area contributed by atoms with Crippen LogP contribution in [0.4, 0.5) is 5.69 Å². The molecule has 6 heteroatoms. The summed E-state index contributed by atoms with van der Waals surface area (Å²) in [7, 11) is 0. The van der Waals surface area contributed by atoms with E-state index in [1.165, 1.54) is 0 Å². The highest BCUT2D eigenvalue weighted by Gasteiger charge is 2.23. The normalized spacial score (nSPS) is 16.0. The first-order valence-electron chi connectivity index (χ1n) is 7.04. The summed E-state index contributed by atoms with van der Waals surface area (Å²) in [6.07, 6.45) is 2.76. The fourth-order valence-corrected chi connectivity index (χ4v) is 3.07. The van der Waals surface area contributed by atoms with Crippen LogP contribution >= 0.6 is 11.6 Å². The molecule has 0 spiro atoms. The van der Waals surface area contributed by atoms with Gasteiger partial charge in [-0.1, -0.05) is 17.7 Å². The summed E-state index contributed by atoms with van der Waals surface area (Å²) in [5.41, 5.74) is 6.55. The Balaban J connectivity index is 2.04. The van der Waals surface area contributed by atoms with E-state index in [4.69, 9.17) is 22.4 Å². The van der Waals surface area contributed by atoms with E-state index in [2.05, 4.69) is 4.90 Å². The minimum Gasteiger partial charge on any atom is -0.481 e. The molecule has 1 fully saturated rings. The Morgan fingerprint density at radius 2 is 2.00 bits per heavy atom. The Morgan fingerprint density at radius 3 is 2.57 bits per heavy atom. The van der Waals surface area contributed by atoms with Crippen molar-refractivity contribution in [2.24, 2.45) is 11.7 Å². The maximum Gasteiger partial charge on any atom is 0.303 e. The van der Waals surface area contributed by atoms with Gasteiger partial charge in [-0.05, 0) is 37.3 Å². The second kappa shape index (κ2) is 6.80. The molecule has 1 heterocycles. The summed E-state index contributed by atoms with van der Waals surface area (Å²) >= 11 is 6.06. The zero-order valence-corrected chi connectivity index (χ0v) is 12.5. The molecule has 1 aliphatic rings. The molecule has 1 amide bonds. The number of anilines is 1. The van der Waals surface area contributed by atoms with Crippen molar-refractivity contribution < 1.29 is 14.7 Å². The zero-order chi connectivity index (χ0) is 15.4. The highest BCUT2D eigenvalue weighted by molar-refractivity contribution is 6.34. The van der Waals surface area contributed by atoms with Gasteiger partial charge < -0.3 is 15.7 Å². The third kappa shape index (κ3) is 3.88. The third-order valence-electron chi connectivity index (χ3n) is 3.96. The standard InChI is InChI=1S/C15H19ClN2O3/c16-11-2-1-3-12(14(11)15(17)21)18-8-6-10(7-9-18)4-5-13(19)20/h1-3,10H,4-9H2,(H2,17,21)(H,19,20). The van der Waals surface area contributed by atoms with Gasteiger partial charge in [0.1, 0.15) is 0 Å². The van der Waals surface area contributed by atoms with Gasteiger partial charge in [0.05, 0.1) is 16.3 Å². The Kier molecular flexibility index (Phi) is 5.07. The van der Waals surface area contributed by atoms with Gasteiger partial charge in [-0.3, -0.25) is 9.59 Å². The molecule has 0 aromatic heterocycles. The maximum absolute atomic E-state index is 11.6. The summed E-state index contributed by atoms with van der Waals surface area (Å²) in [6.45, 7) is 1.57. The molecular formula is C15H19ClN2O3. The lowest BCUT2D eigenvalue weighted by Crippen LogP contribution is -2.35. The van der Waals surface area contributed by atoms with Crippen molar-refractivity contribution in [3.63, 3.8) is 0 Å². The number of amides is 1. The first kappa shape index (κ1) is 15.6. The first-order chi connectivity index (χ1) is 9.99. The van der Waals surface area contributed by atoms with Gasteiger partial charge >= 0.3 is 5.97 Å². The van der Waals surface area contributed by atoms with Gasteiger partial charge in [0.25, 0.3) is 5.91 Å². The smallest absolute Gasteiger partial charge is 0.303 e. The third-order valence-corrected chi connectivity index (χ3v) is 4.27. The highest BCUT2D eigenvalue weighted by Crippen LogP contribution is 2.31. The number of halogens is 1. The quantitative estimate of drug-likeness (QED) is 0.875. The molecule has 0 aliphatic carbocycles. The summed E-state index contributed by atoms with van der Waals surface area (Å²) in [6, 6.07) is 5.31. The lowest BCUT2D eigenvalue weighted by Gasteiger charge is -2.34. The van der Waals surface area contributed by atoms with E-state index in [0.29, 0.717) is 22.9 Å². The number of nitrogens with zero attached hydrogens (tertiary/aromatic N) is 1. The van der Waals surface area contributed by atoms with E-state index < -0.39 is 11.9 Å². The van der Waals surface area contributed by atoms with Crippen molar-refractivity contribution in [1.82, 2.24) is 0 Å². The summed E-state index contributed by atoms with van der Waals surface area (Å²) in [5, 5.41) is 9.09. The number of primary amides is 1. The van der Waals surface area contributed by atoms with E-state index in [-0.39, 0.29) is 6.42 Å². The van der Waals surface area contributed by atoms with Gasteiger partial charge in [0, 0.05) is 19.5 Å². The van der Waals surface area contributed by atoms with Crippen LogP contribution in [0.3, 0.4) is 0 Å². The summed E-state index contributed by atoms with van der Waals surface area (Å²) in [5.74, 6) is -0.847. The fourth-order valence-electron chi connectivity index (χ4n) is 2.81. The van der Waals surface area contributed by atoms with Crippen LogP contribution in [-0.2, 0) is 4.79 Å². The SMILES string of the molecule is NC(=O)c1c(Cl)cccc1N1CCC(CCC(=O)O)CC1. The molecule has 0 unspecified atom stereocenters. The molecule has 0 saturated carbocycles. The van der Waals surface area contributed by atoms with E-state index in [0.717, 1.165) is 31.6 Å². The van der Waals surface area contributed by atoms with Crippen molar-refractivity contribution in [2.45, 2.75) is 25.7 Å². The van der Waals surface area contributed by atoms with E-state index in [9.17, 15) is 9.59 Å². The molecule has 1 aromatic carbocycles. The number of piperidine rings is 1. The monoisotopic (exact) mass is 310 g/mol. The Labute approximate surface area is 128 Å². The predicted molar refractivity (Wildman–Crippen MR) is 81.8 cm³/mol. The number of carbonyl (C=O) groups is 2. The Morgan fingerprint density at radius 1 is 1.33 bits per heavy atom. The number of benzene rings is 1. The van der Waals surface area contributed by atoms with Crippen LogP contribution in [0.1, 0.15) is 36.0 Å². The molecule has 0 bridgehead atoms. The highest BCUT2D eigenvalue weighted by atomic mass is 35.5. The number of carboxylic acid groups (broad SMARTS) is 1. The number of hydrogen-bond acceptors (Lipinski definition) is 3. The number of rotatable bonds is 5. The molecule has 1 aliphatic heterocycles. The number of hydrogen-bond donors (Lipinski definition) is 2. The zero-order valence-electron chi connectivity index (χ0n) is 11.7. The van der Waals surface area contributed by atoms with Crippen LogP contribution in [0.25, 0.3) is 0 Å². The van der Waals surface area contributed by atoms with Crippen molar-refractivity contribution >= 4 is 29.2 Å². The molecular weight excluding hydrogens is 292 g/mol. The van der Waals surface area contributed by atoms with Crippen LogP contribution in [-0.4, -0.2) is 30.1 Å². The van der Waals surface area contributed by atoms with Gasteiger partial charge in [0.2, 0.25) is 0 Å². The lowest BCUT2D eigenvalue weighted by atomic mass is 9.91. The second-order valence-corrected chi connectivity index (χ2v) is 5.77. The largest absolute Gasteiger partial charge is 0.481 e. The minimum atomic E-state index is -0.747. The topological polar surface area (TPSA) is 83.6 Å². The second-order valence-electron chi connectivity index (χ2n) is 5.36. The van der Waals surface area contributed by atoms with E-state index >= 15 is 0 Å². The van der Waals surface area contributed by atoms with Crippen molar-refractivity contribution in [3.8, 4) is 0 Å². The predicted octanol–water partition coefficient (Wildman–Crippen LogP) is 2.52. The van der Waals surface area contributed by atoms with Crippen LogP contribution < -0.4 is 10.6 Å². The van der Waals surface area contributed by atoms with Crippen LogP contribution in [0.5, 0.6) is 0 Å². The van der Waals surface area contributed by atoms with Crippen LogP contribution in [0, 0.1) is 5.92 Å². The number of aliphatic carboxylic acids is 1. The van der Waals surface area contributed by atoms with E-state index in [1.54, 1.807) is 12.1 Å². The lowest BCUT2D eigenvalue weighted by molar-refractivity contribution is -0.137. The molecule has 1 aromatic rings. The van der Waals surface area contributed by atoms with Crippen LogP contribution in [0.2, 0.25) is 5.02 Å². The summed E-state index contributed by atoms with van der Waals surface area (Å²) in [4.78, 5) is 24.3. The molecule has 0 atom stereocenters.